The fraction of sp³-hybridized carbons (Fsp3) is 0.292. The van der Waals surface area contributed by atoms with E-state index >= 15 is 0 Å². The Morgan fingerprint density at radius 1 is 1.09 bits per heavy atom. The highest BCUT2D eigenvalue weighted by Crippen LogP contribution is 2.30. The van der Waals surface area contributed by atoms with E-state index in [0.717, 1.165) is 35.4 Å². The van der Waals surface area contributed by atoms with Gasteiger partial charge in [-0.1, -0.05) is 6.07 Å². The van der Waals surface area contributed by atoms with Crippen LogP contribution >= 0.6 is 0 Å². The molecule has 4 heterocycles. The molecule has 3 aromatic heterocycles. The van der Waals surface area contributed by atoms with E-state index in [1.54, 1.807) is 31.4 Å². The number of carbonyl (C=O) groups excluding carboxylic acids is 2. The van der Waals surface area contributed by atoms with Gasteiger partial charge in [-0.3, -0.25) is 19.6 Å². The number of amides is 2. The Kier molecular flexibility index (Phi) is 6.11. The molecule has 1 fully saturated rings. The maximum atomic E-state index is 12.9. The zero-order valence-electron chi connectivity index (χ0n) is 18.2. The molecule has 1 saturated heterocycles. The van der Waals surface area contributed by atoms with Gasteiger partial charge >= 0.3 is 0 Å². The molecule has 0 saturated carbocycles. The Hall–Kier alpha value is -3.81. The summed E-state index contributed by atoms with van der Waals surface area (Å²) in [4.78, 5) is 39.6. The van der Waals surface area contributed by atoms with E-state index in [1.807, 2.05) is 24.0 Å². The van der Waals surface area contributed by atoms with Gasteiger partial charge in [-0.15, -0.1) is 0 Å². The Morgan fingerprint density at radius 3 is 2.62 bits per heavy atom. The van der Waals surface area contributed by atoms with Crippen LogP contribution in [0.3, 0.4) is 0 Å². The van der Waals surface area contributed by atoms with E-state index in [-0.39, 0.29) is 17.7 Å². The monoisotopic (exact) mass is 430 g/mol. The summed E-state index contributed by atoms with van der Waals surface area (Å²) in [5, 5.41) is 2.58. The van der Waals surface area contributed by atoms with E-state index in [9.17, 15) is 9.59 Å². The summed E-state index contributed by atoms with van der Waals surface area (Å²) in [6.07, 6.45) is 5.10. The van der Waals surface area contributed by atoms with Crippen LogP contribution in [0.4, 0.5) is 5.82 Å². The number of nitrogens with two attached hydrogens (primary N) is 1. The molecule has 0 unspecified atom stereocenters. The number of piperidine rings is 1. The summed E-state index contributed by atoms with van der Waals surface area (Å²) in [6, 6.07) is 11.0. The summed E-state index contributed by atoms with van der Waals surface area (Å²) < 4.78 is 0. The van der Waals surface area contributed by atoms with Crippen molar-refractivity contribution in [3.8, 4) is 11.1 Å². The topological polar surface area (TPSA) is 114 Å². The minimum Gasteiger partial charge on any atom is -0.384 e. The average Bonchev–Trinajstić information content (AvgIpc) is 2.83. The van der Waals surface area contributed by atoms with Crippen molar-refractivity contribution in [2.75, 3.05) is 25.9 Å². The predicted molar refractivity (Wildman–Crippen MR) is 122 cm³/mol. The Balaban J connectivity index is 1.55. The van der Waals surface area contributed by atoms with Crippen LogP contribution in [0.2, 0.25) is 0 Å². The minimum atomic E-state index is -0.216. The van der Waals surface area contributed by atoms with E-state index < -0.39 is 0 Å². The van der Waals surface area contributed by atoms with Crippen molar-refractivity contribution in [3.63, 3.8) is 0 Å². The third-order valence-corrected chi connectivity index (χ3v) is 5.69. The van der Waals surface area contributed by atoms with Gasteiger partial charge < -0.3 is 16.0 Å². The summed E-state index contributed by atoms with van der Waals surface area (Å²) in [7, 11) is 1.58. The van der Waals surface area contributed by atoms with Crippen molar-refractivity contribution < 1.29 is 9.59 Å². The number of carbonyl (C=O) groups is 2. The average molecular weight is 431 g/mol. The van der Waals surface area contributed by atoms with Crippen LogP contribution in [0.15, 0.2) is 48.8 Å². The Morgan fingerprint density at radius 2 is 1.94 bits per heavy atom. The molecule has 3 aromatic rings. The zero-order chi connectivity index (χ0) is 22.7. The van der Waals surface area contributed by atoms with Gasteiger partial charge in [0, 0.05) is 55.4 Å². The number of aryl methyl sites for hydroxylation is 1. The second-order valence-corrected chi connectivity index (χ2v) is 8.00. The van der Waals surface area contributed by atoms with Crippen LogP contribution in [0, 0.1) is 6.92 Å². The standard InChI is InChI=1S/C24H26N6O2/c1-15-10-19(16-5-7-20(27-12-16)23(31)26-2)11-21(29-15)18-4-3-9-30(14-18)24(32)17-6-8-22(25)28-13-17/h5-8,10-13,18H,3-4,9,14H2,1-2H3,(H2,25,28)(H,26,31)/t18-/m0/s1. The number of hydrogen-bond donors (Lipinski definition) is 2. The van der Waals surface area contributed by atoms with Gasteiger partial charge in [0.2, 0.25) is 0 Å². The van der Waals surface area contributed by atoms with Gasteiger partial charge in [0.25, 0.3) is 11.8 Å². The number of nitrogens with zero attached hydrogens (tertiary/aromatic N) is 4. The smallest absolute Gasteiger partial charge is 0.269 e. The van der Waals surface area contributed by atoms with Crippen LogP contribution in [0.25, 0.3) is 11.1 Å². The molecular formula is C24H26N6O2. The lowest BCUT2D eigenvalue weighted by molar-refractivity contribution is 0.0705. The molecule has 0 aromatic carbocycles. The summed E-state index contributed by atoms with van der Waals surface area (Å²) in [5.41, 5.74) is 10.3. The molecule has 3 N–H and O–H groups in total. The summed E-state index contributed by atoms with van der Waals surface area (Å²) in [5.74, 6) is 0.286. The lowest BCUT2D eigenvalue weighted by Gasteiger charge is -2.32. The summed E-state index contributed by atoms with van der Waals surface area (Å²) >= 11 is 0. The number of anilines is 1. The first-order valence-corrected chi connectivity index (χ1v) is 10.6. The van der Waals surface area contributed by atoms with Crippen LogP contribution in [-0.2, 0) is 0 Å². The van der Waals surface area contributed by atoms with Crippen LogP contribution in [-0.4, -0.2) is 51.8 Å². The molecule has 0 radical (unpaired) electrons. The van der Waals surface area contributed by atoms with Gasteiger partial charge in [0.15, 0.2) is 0 Å². The number of hydrogen-bond acceptors (Lipinski definition) is 6. The molecule has 1 atom stereocenters. The van der Waals surface area contributed by atoms with Crippen molar-refractivity contribution >= 4 is 17.6 Å². The maximum Gasteiger partial charge on any atom is 0.269 e. The molecular weight excluding hydrogens is 404 g/mol. The second kappa shape index (κ2) is 9.13. The normalized spacial score (nSPS) is 15.9. The van der Waals surface area contributed by atoms with Gasteiger partial charge in [0.1, 0.15) is 11.5 Å². The second-order valence-electron chi connectivity index (χ2n) is 8.00. The molecule has 164 valence electrons. The lowest BCUT2D eigenvalue weighted by atomic mass is 9.92. The molecule has 8 heteroatoms. The predicted octanol–water partition coefficient (Wildman–Crippen LogP) is 2.81. The third kappa shape index (κ3) is 4.59. The highest BCUT2D eigenvalue weighted by molar-refractivity contribution is 5.94. The van der Waals surface area contributed by atoms with Crippen molar-refractivity contribution in [1.82, 2.24) is 25.2 Å². The first-order valence-electron chi connectivity index (χ1n) is 10.6. The molecule has 1 aliphatic rings. The first-order chi connectivity index (χ1) is 15.4. The highest BCUT2D eigenvalue weighted by atomic mass is 16.2. The lowest BCUT2D eigenvalue weighted by Crippen LogP contribution is -2.39. The van der Waals surface area contributed by atoms with Crippen molar-refractivity contribution in [2.24, 2.45) is 0 Å². The fourth-order valence-electron chi connectivity index (χ4n) is 4.01. The van der Waals surface area contributed by atoms with Crippen molar-refractivity contribution in [1.29, 1.82) is 0 Å². The van der Waals surface area contributed by atoms with Gasteiger partial charge in [-0.2, -0.15) is 0 Å². The molecule has 1 aliphatic heterocycles. The number of rotatable bonds is 4. The Bertz CT molecular complexity index is 1130. The number of nitrogens with one attached hydrogen (secondary N) is 1. The molecule has 0 bridgehead atoms. The molecule has 8 nitrogen and oxygen atoms in total. The van der Waals surface area contributed by atoms with Crippen LogP contribution < -0.4 is 11.1 Å². The largest absolute Gasteiger partial charge is 0.384 e. The van der Waals surface area contributed by atoms with Gasteiger partial charge in [-0.25, -0.2) is 4.98 Å². The quantitative estimate of drug-likeness (QED) is 0.658. The van der Waals surface area contributed by atoms with Gasteiger partial charge in [0.05, 0.1) is 5.56 Å². The molecule has 0 aliphatic carbocycles. The first kappa shape index (κ1) is 21.4. The third-order valence-electron chi connectivity index (χ3n) is 5.69. The number of pyridine rings is 3. The zero-order valence-corrected chi connectivity index (χ0v) is 18.2. The Labute approximate surface area is 186 Å². The van der Waals surface area contributed by atoms with Crippen LogP contribution in [0.5, 0.6) is 0 Å². The van der Waals surface area contributed by atoms with E-state index in [2.05, 4.69) is 21.4 Å². The summed E-state index contributed by atoms with van der Waals surface area (Å²) in [6.45, 7) is 3.28. The maximum absolute atomic E-state index is 12.9. The van der Waals surface area contributed by atoms with Crippen molar-refractivity contribution in [3.05, 3.63) is 71.4 Å². The van der Waals surface area contributed by atoms with E-state index in [4.69, 9.17) is 10.7 Å². The molecule has 0 spiro atoms. The van der Waals surface area contributed by atoms with Crippen molar-refractivity contribution in [2.45, 2.75) is 25.7 Å². The number of nitrogen functional groups attached to an aromatic ring is 1. The highest BCUT2D eigenvalue weighted by Gasteiger charge is 2.27. The SMILES string of the molecule is CNC(=O)c1ccc(-c2cc(C)nc([C@H]3CCCN(C(=O)c4ccc(N)nc4)C3)c2)cn1. The van der Waals surface area contributed by atoms with Crippen LogP contribution in [0.1, 0.15) is 51.0 Å². The minimum absolute atomic E-state index is 0.0379. The fourth-order valence-corrected chi connectivity index (χ4v) is 4.01. The molecule has 4 rings (SSSR count). The number of likely N-dealkylation sites (tertiary alicyclic amines) is 1. The molecule has 32 heavy (non-hydrogen) atoms. The molecule has 2 amide bonds. The van der Waals surface area contributed by atoms with E-state index in [1.165, 1.54) is 6.20 Å². The number of aromatic nitrogens is 3. The van der Waals surface area contributed by atoms with E-state index in [0.29, 0.717) is 30.2 Å². The van der Waals surface area contributed by atoms with Gasteiger partial charge in [-0.05, 0) is 55.7 Å².